The maximum atomic E-state index is 13.3. The van der Waals surface area contributed by atoms with Gasteiger partial charge in [-0.1, -0.05) is 31.2 Å². The molecule has 13 heteroatoms. The van der Waals surface area contributed by atoms with Crippen LogP contribution in [0.15, 0.2) is 71.6 Å². The van der Waals surface area contributed by atoms with Crippen LogP contribution in [0.3, 0.4) is 0 Å². The summed E-state index contributed by atoms with van der Waals surface area (Å²) >= 11 is 0. The number of carboxylic acids is 1. The number of nitrogens with zero attached hydrogens (tertiary/aromatic N) is 2. The smallest absolute Gasteiger partial charge is 0.416 e. The largest absolute Gasteiger partial charge is 0.497 e. The van der Waals surface area contributed by atoms with Crippen molar-refractivity contribution in [1.29, 1.82) is 0 Å². The number of aliphatic carboxylic acids is 1. The van der Waals surface area contributed by atoms with Crippen LogP contribution in [0.2, 0.25) is 0 Å². The van der Waals surface area contributed by atoms with E-state index >= 15 is 0 Å². The molecule has 0 saturated carbocycles. The van der Waals surface area contributed by atoms with Gasteiger partial charge in [-0.15, -0.1) is 0 Å². The standard InChI is InChI=1S/C22H18F3NO4S.C9H15NO3/c1-29-18-6-2-4-15(12-18)16-8-9-21-20(13-16)26(10-11-30-21)31(27,28)19-7-3-5-17(14-19)22(23,24)25;1-2-8(11)10-5-3-7(4-6-10)9(12)13/h2-9,12-14H,10-11H2,1H3;7H,2-6H2,1H3,(H,12,13). The van der Waals surface area contributed by atoms with Gasteiger partial charge in [0.05, 0.1) is 35.7 Å². The molecular weight excluding hydrogens is 601 g/mol. The molecule has 1 fully saturated rings. The number of alkyl halides is 3. The second-order valence-electron chi connectivity index (χ2n) is 10.2. The van der Waals surface area contributed by atoms with Crippen molar-refractivity contribution in [3.63, 3.8) is 0 Å². The lowest BCUT2D eigenvalue weighted by Crippen LogP contribution is -2.39. The van der Waals surface area contributed by atoms with Crippen molar-refractivity contribution in [2.75, 3.05) is 37.7 Å². The summed E-state index contributed by atoms with van der Waals surface area (Å²) in [7, 11) is -2.70. The number of halogens is 3. The normalized spacial score (nSPS) is 15.4. The number of hydrogen-bond donors (Lipinski definition) is 1. The number of carbonyl (C=O) groups is 2. The Hall–Kier alpha value is -4.26. The molecular formula is C31H33F3N2O7S. The Kier molecular flexibility index (Phi) is 10.1. The molecule has 0 aromatic heterocycles. The van der Waals surface area contributed by atoms with Crippen molar-refractivity contribution in [2.24, 2.45) is 5.92 Å². The van der Waals surface area contributed by atoms with Crippen molar-refractivity contribution in [2.45, 2.75) is 37.3 Å². The molecule has 2 aliphatic rings. The highest BCUT2D eigenvalue weighted by Gasteiger charge is 2.35. The summed E-state index contributed by atoms with van der Waals surface area (Å²) < 4.78 is 77.7. The molecule has 0 unspecified atom stereocenters. The van der Waals surface area contributed by atoms with E-state index in [2.05, 4.69) is 0 Å². The summed E-state index contributed by atoms with van der Waals surface area (Å²) in [5.74, 6) is 0.127. The summed E-state index contributed by atoms with van der Waals surface area (Å²) in [6.07, 6.45) is -2.94. The van der Waals surface area contributed by atoms with E-state index in [1.54, 1.807) is 48.4 Å². The van der Waals surface area contributed by atoms with Gasteiger partial charge in [0.25, 0.3) is 10.0 Å². The first-order valence-corrected chi connectivity index (χ1v) is 15.4. The number of hydrogen-bond acceptors (Lipinski definition) is 6. The van der Waals surface area contributed by atoms with Crippen molar-refractivity contribution in [1.82, 2.24) is 4.90 Å². The predicted molar refractivity (Wildman–Crippen MR) is 157 cm³/mol. The monoisotopic (exact) mass is 634 g/mol. The van der Waals surface area contributed by atoms with Gasteiger partial charge in [0, 0.05) is 19.5 Å². The maximum Gasteiger partial charge on any atom is 0.416 e. The van der Waals surface area contributed by atoms with Gasteiger partial charge in [0.1, 0.15) is 18.1 Å². The number of benzene rings is 3. The molecule has 1 N–H and O–H groups in total. The van der Waals surface area contributed by atoms with Crippen LogP contribution in [-0.4, -0.2) is 63.7 Å². The van der Waals surface area contributed by atoms with Gasteiger partial charge >= 0.3 is 12.1 Å². The van der Waals surface area contributed by atoms with Crippen LogP contribution in [0.5, 0.6) is 11.5 Å². The molecule has 3 aromatic rings. The number of rotatable bonds is 6. The Labute approximate surface area is 253 Å². The van der Waals surface area contributed by atoms with E-state index in [9.17, 15) is 31.2 Å². The average Bonchev–Trinajstić information content (AvgIpc) is 3.03. The fourth-order valence-electron chi connectivity index (χ4n) is 4.98. The molecule has 2 heterocycles. The molecule has 0 atom stereocenters. The minimum absolute atomic E-state index is 0.0207. The van der Waals surface area contributed by atoms with E-state index in [-0.39, 0.29) is 30.7 Å². The first kappa shape index (κ1) is 32.6. The Balaban J connectivity index is 0.000000285. The second kappa shape index (κ2) is 13.6. The number of carboxylic acid groups (broad SMARTS) is 1. The number of ether oxygens (including phenoxy) is 2. The van der Waals surface area contributed by atoms with E-state index in [0.717, 1.165) is 28.1 Å². The van der Waals surface area contributed by atoms with Crippen LogP contribution in [0.1, 0.15) is 31.7 Å². The molecule has 0 radical (unpaired) electrons. The third-order valence-electron chi connectivity index (χ3n) is 7.43. The van der Waals surface area contributed by atoms with Crippen LogP contribution in [-0.2, 0) is 25.8 Å². The molecule has 0 spiro atoms. The van der Waals surface area contributed by atoms with Gasteiger partial charge in [-0.05, 0) is 66.4 Å². The number of methoxy groups -OCH3 is 1. The summed E-state index contributed by atoms with van der Waals surface area (Å²) in [4.78, 5) is 23.1. The van der Waals surface area contributed by atoms with E-state index in [1.807, 2.05) is 13.0 Å². The van der Waals surface area contributed by atoms with Gasteiger partial charge < -0.3 is 19.5 Å². The van der Waals surface area contributed by atoms with E-state index in [0.29, 0.717) is 55.5 Å². The molecule has 1 saturated heterocycles. The van der Waals surface area contributed by atoms with E-state index in [4.69, 9.17) is 14.6 Å². The first-order valence-electron chi connectivity index (χ1n) is 14.0. The lowest BCUT2D eigenvalue weighted by Gasteiger charge is -2.31. The van der Waals surface area contributed by atoms with Crippen molar-refractivity contribution < 1.29 is 45.8 Å². The zero-order valence-electron chi connectivity index (χ0n) is 24.2. The van der Waals surface area contributed by atoms with E-state index in [1.165, 1.54) is 0 Å². The maximum absolute atomic E-state index is 13.3. The van der Waals surface area contributed by atoms with Crippen molar-refractivity contribution >= 4 is 27.6 Å². The molecule has 44 heavy (non-hydrogen) atoms. The second-order valence-corrected chi connectivity index (χ2v) is 12.1. The average molecular weight is 635 g/mol. The van der Waals surface area contributed by atoms with Crippen LogP contribution in [0, 0.1) is 5.92 Å². The summed E-state index contributed by atoms with van der Waals surface area (Å²) in [5.41, 5.74) is 0.757. The molecule has 2 aliphatic heterocycles. The molecule has 9 nitrogen and oxygen atoms in total. The Morgan fingerprint density at radius 3 is 2.30 bits per heavy atom. The number of likely N-dealkylation sites (tertiary alicyclic amines) is 1. The Morgan fingerprint density at radius 2 is 1.66 bits per heavy atom. The molecule has 3 aromatic carbocycles. The minimum atomic E-state index is -4.64. The Morgan fingerprint density at radius 1 is 0.977 bits per heavy atom. The molecule has 1 amide bonds. The topological polar surface area (TPSA) is 113 Å². The summed E-state index contributed by atoms with van der Waals surface area (Å²) in [6, 6.07) is 16.1. The number of anilines is 1. The van der Waals surface area contributed by atoms with Gasteiger partial charge in [0.2, 0.25) is 5.91 Å². The van der Waals surface area contributed by atoms with Gasteiger partial charge in [0.15, 0.2) is 0 Å². The number of sulfonamides is 1. The minimum Gasteiger partial charge on any atom is -0.497 e. The molecule has 0 bridgehead atoms. The third-order valence-corrected chi connectivity index (χ3v) is 9.24. The molecule has 236 valence electrons. The predicted octanol–water partition coefficient (Wildman–Crippen LogP) is 5.69. The van der Waals surface area contributed by atoms with Crippen LogP contribution < -0.4 is 13.8 Å². The lowest BCUT2D eigenvalue weighted by molar-refractivity contribution is -0.145. The van der Waals surface area contributed by atoms with E-state index < -0.39 is 32.6 Å². The zero-order chi connectivity index (χ0) is 32.1. The summed E-state index contributed by atoms with van der Waals surface area (Å²) in [5, 5.41) is 8.72. The third kappa shape index (κ3) is 7.44. The number of fused-ring (bicyclic) bond motifs is 1. The highest BCUT2D eigenvalue weighted by Crippen LogP contribution is 2.39. The Bertz CT molecular complexity index is 1600. The number of amides is 1. The summed E-state index contributed by atoms with van der Waals surface area (Å²) in [6.45, 7) is 3.09. The molecule has 5 rings (SSSR count). The number of piperidine rings is 1. The van der Waals surface area contributed by atoms with Gasteiger partial charge in [-0.2, -0.15) is 13.2 Å². The quantitative estimate of drug-likeness (QED) is 0.371. The first-order chi connectivity index (χ1) is 20.8. The molecule has 0 aliphatic carbocycles. The fourth-order valence-corrected chi connectivity index (χ4v) is 6.48. The van der Waals surface area contributed by atoms with Gasteiger partial charge in [-0.25, -0.2) is 8.42 Å². The fraction of sp³-hybridized carbons (Fsp3) is 0.355. The van der Waals surface area contributed by atoms with Crippen molar-refractivity contribution in [3.05, 3.63) is 72.3 Å². The van der Waals surface area contributed by atoms with Crippen molar-refractivity contribution in [3.8, 4) is 22.6 Å². The lowest BCUT2D eigenvalue weighted by atomic mass is 9.97. The number of carbonyl (C=O) groups excluding carboxylic acids is 1. The highest BCUT2D eigenvalue weighted by molar-refractivity contribution is 7.92. The zero-order valence-corrected chi connectivity index (χ0v) is 25.0. The van der Waals surface area contributed by atoms with Crippen LogP contribution in [0.25, 0.3) is 11.1 Å². The van der Waals surface area contributed by atoms with Crippen LogP contribution >= 0.6 is 0 Å². The highest BCUT2D eigenvalue weighted by atomic mass is 32.2. The van der Waals surface area contributed by atoms with Gasteiger partial charge in [-0.3, -0.25) is 13.9 Å². The van der Waals surface area contributed by atoms with Crippen LogP contribution in [0.4, 0.5) is 18.9 Å². The SMILES string of the molecule is CCC(=O)N1CCC(C(=O)O)CC1.COc1cccc(-c2ccc3c(c2)N(S(=O)(=O)c2cccc(C(F)(F)F)c2)CCO3)c1.